The van der Waals surface area contributed by atoms with Crippen molar-refractivity contribution >= 4 is 11.8 Å². The van der Waals surface area contributed by atoms with E-state index in [0.717, 1.165) is 25.7 Å². The summed E-state index contributed by atoms with van der Waals surface area (Å²) in [5, 5.41) is 3.22. The first-order valence-electron chi connectivity index (χ1n) is 12.3. The van der Waals surface area contributed by atoms with Crippen molar-refractivity contribution < 1.29 is 9.59 Å². The first-order valence-corrected chi connectivity index (χ1v) is 12.3. The van der Waals surface area contributed by atoms with Crippen molar-refractivity contribution in [1.82, 2.24) is 10.2 Å². The predicted molar refractivity (Wildman–Crippen MR) is 130 cm³/mol. The first-order chi connectivity index (χ1) is 15.6. The highest BCUT2D eigenvalue weighted by Crippen LogP contribution is 2.19. The van der Waals surface area contributed by atoms with Crippen LogP contribution in [-0.2, 0) is 28.9 Å². The Kier molecular flexibility index (Phi) is 9.33. The summed E-state index contributed by atoms with van der Waals surface area (Å²) < 4.78 is 0. The predicted octanol–water partition coefficient (Wildman–Crippen LogP) is 5.09. The molecule has 2 aromatic carbocycles. The summed E-state index contributed by atoms with van der Waals surface area (Å²) in [4.78, 5) is 28.3. The molecule has 2 aromatic rings. The van der Waals surface area contributed by atoms with Crippen LogP contribution in [0.1, 0.15) is 69.1 Å². The zero-order valence-electron chi connectivity index (χ0n) is 19.7. The molecule has 2 amide bonds. The lowest BCUT2D eigenvalue weighted by atomic mass is 10.0. The van der Waals surface area contributed by atoms with Crippen molar-refractivity contribution in [2.75, 3.05) is 6.54 Å². The third kappa shape index (κ3) is 6.94. The van der Waals surface area contributed by atoms with E-state index in [1.165, 1.54) is 29.5 Å². The van der Waals surface area contributed by atoms with Gasteiger partial charge in [-0.05, 0) is 55.2 Å². The third-order valence-electron chi connectivity index (χ3n) is 6.63. The maximum Gasteiger partial charge on any atom is 0.243 e. The maximum atomic E-state index is 13.3. The van der Waals surface area contributed by atoms with E-state index in [9.17, 15) is 9.59 Å². The van der Waals surface area contributed by atoms with Gasteiger partial charge in [0.05, 0.1) is 0 Å². The number of hydrogen-bond donors (Lipinski definition) is 1. The summed E-state index contributed by atoms with van der Waals surface area (Å²) in [7, 11) is 0. The number of rotatable bonds is 11. The van der Waals surface area contributed by atoms with Gasteiger partial charge in [-0.15, -0.1) is 0 Å². The lowest BCUT2D eigenvalue weighted by Crippen LogP contribution is -2.51. The maximum absolute atomic E-state index is 13.3. The Hall–Kier alpha value is -2.62. The van der Waals surface area contributed by atoms with Gasteiger partial charge < -0.3 is 10.2 Å². The molecule has 0 unspecified atom stereocenters. The van der Waals surface area contributed by atoms with Crippen molar-refractivity contribution in [2.45, 2.75) is 83.7 Å². The average Bonchev–Trinajstić information content (AvgIpc) is 3.34. The molecule has 0 bridgehead atoms. The molecule has 4 heteroatoms. The van der Waals surface area contributed by atoms with E-state index in [0.29, 0.717) is 25.8 Å². The SMILES string of the molecule is CCc1ccc(CCC(=O)N(CCc2ccccc2)[C@@H](CC)C(=O)NC2CCCC2)cc1. The standard InChI is InChI=1S/C28H38N2O2/c1-3-22-14-16-24(17-15-22)18-19-27(31)30(21-20-23-10-6-5-7-11-23)26(4-2)28(32)29-25-12-8-9-13-25/h5-7,10-11,14-17,25-26H,3-4,8-9,12-13,18-21H2,1-2H3,(H,29,32)/t26-/m0/s1. The molecular weight excluding hydrogens is 396 g/mol. The number of amides is 2. The third-order valence-corrected chi connectivity index (χ3v) is 6.63. The minimum atomic E-state index is -0.408. The van der Waals surface area contributed by atoms with Gasteiger partial charge in [0.15, 0.2) is 0 Å². The van der Waals surface area contributed by atoms with Crippen molar-refractivity contribution in [3.63, 3.8) is 0 Å². The van der Waals surface area contributed by atoms with Crippen LogP contribution in [0.4, 0.5) is 0 Å². The van der Waals surface area contributed by atoms with E-state index in [1.807, 2.05) is 30.0 Å². The number of benzene rings is 2. The zero-order valence-corrected chi connectivity index (χ0v) is 19.7. The molecule has 0 aromatic heterocycles. The molecule has 1 saturated carbocycles. The number of nitrogens with zero attached hydrogens (tertiary/aromatic N) is 1. The molecule has 172 valence electrons. The van der Waals surface area contributed by atoms with E-state index in [2.05, 4.69) is 48.6 Å². The van der Waals surface area contributed by atoms with Crippen LogP contribution in [0.5, 0.6) is 0 Å². The summed E-state index contributed by atoms with van der Waals surface area (Å²) in [6, 6.07) is 18.6. The van der Waals surface area contributed by atoms with Gasteiger partial charge in [-0.25, -0.2) is 0 Å². The Morgan fingerprint density at radius 2 is 1.53 bits per heavy atom. The minimum absolute atomic E-state index is 0.00751. The molecule has 1 aliphatic carbocycles. The fourth-order valence-electron chi connectivity index (χ4n) is 4.60. The highest BCUT2D eigenvalue weighted by atomic mass is 16.2. The summed E-state index contributed by atoms with van der Waals surface area (Å²) in [6.07, 6.45) is 7.97. The van der Waals surface area contributed by atoms with Crippen molar-refractivity contribution in [3.05, 3.63) is 71.3 Å². The topological polar surface area (TPSA) is 49.4 Å². The Bertz CT molecular complexity index is 841. The molecular formula is C28H38N2O2. The number of carbonyl (C=O) groups is 2. The van der Waals surface area contributed by atoms with E-state index in [1.54, 1.807) is 0 Å². The monoisotopic (exact) mass is 434 g/mol. The molecule has 4 nitrogen and oxygen atoms in total. The Morgan fingerprint density at radius 3 is 2.16 bits per heavy atom. The highest BCUT2D eigenvalue weighted by Gasteiger charge is 2.30. The van der Waals surface area contributed by atoms with Crippen LogP contribution in [-0.4, -0.2) is 35.3 Å². The second-order valence-corrected chi connectivity index (χ2v) is 8.91. The lowest BCUT2D eigenvalue weighted by Gasteiger charge is -2.31. The van der Waals surface area contributed by atoms with Gasteiger partial charge in [-0.3, -0.25) is 9.59 Å². The number of carbonyl (C=O) groups excluding carboxylic acids is 2. The van der Waals surface area contributed by atoms with Crippen LogP contribution in [0.15, 0.2) is 54.6 Å². The molecule has 1 aliphatic rings. The summed E-state index contributed by atoms with van der Waals surface area (Å²) in [5.41, 5.74) is 3.66. The summed E-state index contributed by atoms with van der Waals surface area (Å²) in [6.45, 7) is 4.71. The number of nitrogens with one attached hydrogen (secondary N) is 1. The molecule has 1 N–H and O–H groups in total. The smallest absolute Gasteiger partial charge is 0.243 e. The second-order valence-electron chi connectivity index (χ2n) is 8.91. The molecule has 32 heavy (non-hydrogen) atoms. The van der Waals surface area contributed by atoms with Crippen LogP contribution in [0.3, 0.4) is 0 Å². The van der Waals surface area contributed by atoms with Gasteiger partial charge >= 0.3 is 0 Å². The van der Waals surface area contributed by atoms with Crippen LogP contribution in [0.25, 0.3) is 0 Å². The highest BCUT2D eigenvalue weighted by molar-refractivity contribution is 5.88. The fraction of sp³-hybridized carbons (Fsp3) is 0.500. The van der Waals surface area contributed by atoms with Gasteiger partial charge in [-0.2, -0.15) is 0 Å². The molecule has 0 spiro atoms. The van der Waals surface area contributed by atoms with E-state index in [-0.39, 0.29) is 17.9 Å². The summed E-state index contributed by atoms with van der Waals surface area (Å²) >= 11 is 0. The second kappa shape index (κ2) is 12.4. The minimum Gasteiger partial charge on any atom is -0.352 e. The van der Waals surface area contributed by atoms with Gasteiger partial charge in [0.1, 0.15) is 6.04 Å². The largest absolute Gasteiger partial charge is 0.352 e. The Labute approximate surface area is 193 Å². The first kappa shape index (κ1) is 24.0. The fourth-order valence-corrected chi connectivity index (χ4v) is 4.60. The number of hydrogen-bond acceptors (Lipinski definition) is 2. The number of aryl methyl sites for hydroxylation is 2. The molecule has 0 saturated heterocycles. The van der Waals surface area contributed by atoms with Gasteiger partial charge in [-0.1, -0.05) is 81.3 Å². The van der Waals surface area contributed by atoms with Crippen molar-refractivity contribution in [3.8, 4) is 0 Å². The average molecular weight is 435 g/mol. The zero-order chi connectivity index (χ0) is 22.8. The summed E-state index contributed by atoms with van der Waals surface area (Å²) in [5.74, 6) is 0.0713. The Balaban J connectivity index is 1.68. The molecule has 0 heterocycles. The quantitative estimate of drug-likeness (QED) is 0.535. The molecule has 1 atom stereocenters. The Morgan fingerprint density at radius 1 is 0.906 bits per heavy atom. The van der Waals surface area contributed by atoms with Crippen LogP contribution < -0.4 is 5.32 Å². The van der Waals surface area contributed by atoms with Crippen molar-refractivity contribution in [1.29, 1.82) is 0 Å². The lowest BCUT2D eigenvalue weighted by molar-refractivity contribution is -0.141. The van der Waals surface area contributed by atoms with Crippen molar-refractivity contribution in [2.24, 2.45) is 0 Å². The van der Waals surface area contributed by atoms with E-state index < -0.39 is 6.04 Å². The van der Waals surface area contributed by atoms with Gasteiger partial charge in [0, 0.05) is 19.0 Å². The van der Waals surface area contributed by atoms with E-state index >= 15 is 0 Å². The van der Waals surface area contributed by atoms with Crippen LogP contribution in [0, 0.1) is 0 Å². The molecule has 1 fully saturated rings. The molecule has 0 aliphatic heterocycles. The van der Waals surface area contributed by atoms with Crippen LogP contribution >= 0.6 is 0 Å². The molecule has 3 rings (SSSR count). The van der Waals surface area contributed by atoms with Gasteiger partial charge in [0.2, 0.25) is 11.8 Å². The van der Waals surface area contributed by atoms with Crippen LogP contribution in [0.2, 0.25) is 0 Å². The normalized spacial score (nSPS) is 14.8. The molecule has 0 radical (unpaired) electrons. The van der Waals surface area contributed by atoms with E-state index in [4.69, 9.17) is 0 Å². The van der Waals surface area contributed by atoms with Gasteiger partial charge in [0.25, 0.3) is 0 Å².